The molecule has 5 nitrogen and oxygen atoms in total. The monoisotopic (exact) mass is 238 g/mol. The lowest BCUT2D eigenvalue weighted by Crippen LogP contribution is -2.37. The van der Waals surface area contributed by atoms with E-state index in [-0.39, 0.29) is 12.0 Å². The minimum atomic E-state index is -0.279. The van der Waals surface area contributed by atoms with Crippen molar-refractivity contribution in [3.05, 3.63) is 11.3 Å². The number of nitrogens with zero attached hydrogens (tertiary/aromatic N) is 2. The number of carbonyl (C=O) groups is 1. The van der Waals surface area contributed by atoms with Gasteiger partial charge in [-0.15, -0.1) is 0 Å². The van der Waals surface area contributed by atoms with E-state index in [9.17, 15) is 4.79 Å². The Morgan fingerprint density at radius 2 is 2.35 bits per heavy atom. The lowest BCUT2D eigenvalue weighted by Gasteiger charge is -2.29. The lowest BCUT2D eigenvalue weighted by atomic mass is 10.0. The second kappa shape index (κ2) is 4.77. The predicted octanol–water partition coefficient (Wildman–Crippen LogP) is 1.30. The molecule has 0 aromatic carbocycles. The summed E-state index contributed by atoms with van der Waals surface area (Å²) in [6.45, 7) is 5.28. The Bertz CT molecular complexity index is 387. The fraction of sp³-hybridized carbons (Fsp3) is 0.667. The third-order valence-corrected chi connectivity index (χ3v) is 3.06. The predicted molar refractivity (Wildman–Crippen MR) is 63.5 cm³/mol. The highest BCUT2D eigenvalue weighted by Gasteiger charge is 2.35. The number of ether oxygens (including phenoxy) is 2. The molecule has 2 rings (SSSR count). The summed E-state index contributed by atoms with van der Waals surface area (Å²) in [6, 6.07) is 0.452. The maximum absolute atomic E-state index is 11.8. The topological polar surface area (TPSA) is 51.1 Å². The Kier molecular flexibility index (Phi) is 3.36. The van der Waals surface area contributed by atoms with Crippen molar-refractivity contribution < 1.29 is 14.3 Å². The molecule has 2 heterocycles. The SMILES string of the molecule is CCOC1=N[C@H](C)C(C(=O)OC)=C2CCCN12. The molecular weight excluding hydrogens is 220 g/mol. The van der Waals surface area contributed by atoms with Crippen LogP contribution in [0.2, 0.25) is 0 Å². The van der Waals surface area contributed by atoms with Crippen LogP contribution in [0.1, 0.15) is 26.7 Å². The molecule has 0 saturated carbocycles. The molecule has 1 atom stereocenters. The zero-order valence-corrected chi connectivity index (χ0v) is 10.5. The average molecular weight is 238 g/mol. The molecule has 17 heavy (non-hydrogen) atoms. The van der Waals surface area contributed by atoms with E-state index in [4.69, 9.17) is 9.47 Å². The first kappa shape index (κ1) is 12.0. The summed E-state index contributed by atoms with van der Waals surface area (Å²) in [7, 11) is 1.41. The summed E-state index contributed by atoms with van der Waals surface area (Å²) in [5.74, 6) is -0.279. The van der Waals surface area contributed by atoms with Crippen LogP contribution in [-0.2, 0) is 14.3 Å². The van der Waals surface area contributed by atoms with Crippen molar-refractivity contribution in [2.24, 2.45) is 4.99 Å². The van der Waals surface area contributed by atoms with E-state index in [1.807, 2.05) is 18.7 Å². The van der Waals surface area contributed by atoms with Gasteiger partial charge in [-0.3, -0.25) is 4.90 Å². The van der Waals surface area contributed by atoms with Crippen molar-refractivity contribution in [3.63, 3.8) is 0 Å². The number of amidine groups is 1. The summed E-state index contributed by atoms with van der Waals surface area (Å²) >= 11 is 0. The first-order valence-electron chi connectivity index (χ1n) is 5.98. The fourth-order valence-electron chi connectivity index (χ4n) is 2.35. The number of allylic oxidation sites excluding steroid dienone is 1. The third-order valence-electron chi connectivity index (χ3n) is 3.06. The zero-order valence-electron chi connectivity index (χ0n) is 10.5. The Labute approximate surface area is 101 Å². The minimum absolute atomic E-state index is 0.187. The molecule has 1 fully saturated rings. The summed E-state index contributed by atoms with van der Waals surface area (Å²) in [5, 5.41) is 0. The van der Waals surface area contributed by atoms with E-state index in [0.717, 1.165) is 25.1 Å². The molecule has 2 aliphatic heterocycles. The van der Waals surface area contributed by atoms with Gasteiger partial charge in [0.25, 0.3) is 6.02 Å². The van der Waals surface area contributed by atoms with Crippen molar-refractivity contribution in [1.82, 2.24) is 4.90 Å². The maximum Gasteiger partial charge on any atom is 0.337 e. The number of rotatable bonds is 2. The molecule has 0 radical (unpaired) electrons. The second-order valence-corrected chi connectivity index (χ2v) is 4.13. The normalized spacial score (nSPS) is 23.4. The first-order valence-corrected chi connectivity index (χ1v) is 5.98. The van der Waals surface area contributed by atoms with E-state index in [2.05, 4.69) is 4.99 Å². The van der Waals surface area contributed by atoms with Crippen LogP contribution in [0.4, 0.5) is 0 Å². The van der Waals surface area contributed by atoms with E-state index in [1.165, 1.54) is 7.11 Å². The number of carbonyl (C=O) groups excluding carboxylic acids is 1. The van der Waals surface area contributed by atoms with E-state index < -0.39 is 0 Å². The molecular formula is C12H18N2O3. The smallest absolute Gasteiger partial charge is 0.337 e. The maximum atomic E-state index is 11.8. The standard InChI is InChI=1S/C12H18N2O3/c1-4-17-12-13-8(2)10(11(15)16-3)9-6-5-7-14(9)12/h8H,4-7H2,1-3H3/t8-/m1/s1. The van der Waals surface area contributed by atoms with Crippen molar-refractivity contribution in [2.45, 2.75) is 32.7 Å². The van der Waals surface area contributed by atoms with E-state index >= 15 is 0 Å². The van der Waals surface area contributed by atoms with E-state index in [0.29, 0.717) is 18.2 Å². The molecule has 94 valence electrons. The van der Waals surface area contributed by atoms with Crippen LogP contribution in [-0.4, -0.2) is 43.2 Å². The van der Waals surface area contributed by atoms with Crippen molar-refractivity contribution in [3.8, 4) is 0 Å². The van der Waals surface area contributed by atoms with Gasteiger partial charge in [-0.1, -0.05) is 0 Å². The van der Waals surface area contributed by atoms with Gasteiger partial charge in [-0.05, 0) is 26.7 Å². The van der Waals surface area contributed by atoms with Crippen molar-refractivity contribution in [1.29, 1.82) is 0 Å². The number of methoxy groups -OCH3 is 1. The van der Waals surface area contributed by atoms with Gasteiger partial charge in [0.15, 0.2) is 0 Å². The second-order valence-electron chi connectivity index (χ2n) is 4.13. The van der Waals surface area contributed by atoms with Gasteiger partial charge in [0.1, 0.15) is 0 Å². The van der Waals surface area contributed by atoms with Crippen LogP contribution < -0.4 is 0 Å². The number of esters is 1. The van der Waals surface area contributed by atoms with Crippen LogP contribution in [0.15, 0.2) is 16.3 Å². The zero-order chi connectivity index (χ0) is 12.4. The highest BCUT2D eigenvalue weighted by Crippen LogP contribution is 2.31. The number of aliphatic imine (C=N–C) groups is 1. The van der Waals surface area contributed by atoms with Gasteiger partial charge >= 0.3 is 5.97 Å². The average Bonchev–Trinajstić information content (AvgIpc) is 2.77. The third kappa shape index (κ3) is 2.01. The minimum Gasteiger partial charge on any atom is -0.466 e. The molecule has 0 aromatic rings. The summed E-state index contributed by atoms with van der Waals surface area (Å²) in [4.78, 5) is 18.2. The van der Waals surface area contributed by atoms with Crippen LogP contribution >= 0.6 is 0 Å². The molecule has 0 bridgehead atoms. The van der Waals surface area contributed by atoms with Crippen LogP contribution in [0, 0.1) is 0 Å². The highest BCUT2D eigenvalue weighted by atomic mass is 16.5. The van der Waals surface area contributed by atoms with Gasteiger partial charge in [-0.2, -0.15) is 0 Å². The molecule has 1 saturated heterocycles. The number of hydrogen-bond donors (Lipinski definition) is 0. The Morgan fingerprint density at radius 3 is 3.00 bits per heavy atom. The van der Waals surface area contributed by atoms with Crippen LogP contribution in [0.3, 0.4) is 0 Å². The summed E-state index contributed by atoms with van der Waals surface area (Å²) < 4.78 is 10.3. The molecule has 2 aliphatic rings. The largest absolute Gasteiger partial charge is 0.466 e. The fourth-order valence-corrected chi connectivity index (χ4v) is 2.35. The molecule has 0 aliphatic carbocycles. The number of fused-ring (bicyclic) bond motifs is 1. The van der Waals surface area contributed by atoms with Gasteiger partial charge in [-0.25, -0.2) is 9.79 Å². The molecule has 0 spiro atoms. The first-order chi connectivity index (χ1) is 8.19. The Morgan fingerprint density at radius 1 is 1.59 bits per heavy atom. The molecule has 0 unspecified atom stereocenters. The molecule has 0 amide bonds. The van der Waals surface area contributed by atoms with Crippen molar-refractivity contribution >= 4 is 12.0 Å². The van der Waals surface area contributed by atoms with Gasteiger partial charge in [0, 0.05) is 12.2 Å². The molecule has 0 N–H and O–H groups in total. The Hall–Kier alpha value is -1.52. The van der Waals surface area contributed by atoms with Crippen LogP contribution in [0.25, 0.3) is 0 Å². The quantitative estimate of drug-likeness (QED) is 0.680. The summed E-state index contributed by atoms with van der Waals surface area (Å²) in [6.07, 6.45) is 1.91. The lowest BCUT2D eigenvalue weighted by molar-refractivity contribution is -0.136. The molecule has 5 heteroatoms. The highest BCUT2D eigenvalue weighted by molar-refractivity contribution is 5.94. The number of hydrogen-bond acceptors (Lipinski definition) is 5. The van der Waals surface area contributed by atoms with Crippen LogP contribution in [0.5, 0.6) is 0 Å². The van der Waals surface area contributed by atoms with Crippen molar-refractivity contribution in [2.75, 3.05) is 20.3 Å². The van der Waals surface area contributed by atoms with Gasteiger partial charge < -0.3 is 9.47 Å². The summed E-state index contributed by atoms with van der Waals surface area (Å²) in [5.41, 5.74) is 1.69. The van der Waals surface area contributed by atoms with E-state index in [1.54, 1.807) is 0 Å². The van der Waals surface area contributed by atoms with Gasteiger partial charge in [0.2, 0.25) is 0 Å². The Balaban J connectivity index is 2.34. The molecule has 0 aromatic heterocycles. The van der Waals surface area contributed by atoms with Gasteiger partial charge in [0.05, 0.1) is 25.3 Å².